The first-order valence-electron chi connectivity index (χ1n) is 9.68. The van der Waals surface area contributed by atoms with Gasteiger partial charge in [-0.15, -0.1) is 0 Å². The van der Waals surface area contributed by atoms with Gasteiger partial charge in [0.15, 0.2) is 5.96 Å². The minimum atomic E-state index is -1.80. The highest BCUT2D eigenvalue weighted by atomic mass is 16.4. The summed E-state index contributed by atoms with van der Waals surface area (Å²) in [4.78, 5) is 72.8. The zero-order valence-electron chi connectivity index (χ0n) is 17.7. The molecule has 186 valence electrons. The van der Waals surface area contributed by atoms with Gasteiger partial charge in [-0.05, 0) is 19.3 Å². The largest absolute Gasteiger partial charge is 0.481 e. The lowest BCUT2D eigenvalue weighted by atomic mass is 10.1. The van der Waals surface area contributed by atoms with Gasteiger partial charge in [-0.1, -0.05) is 0 Å². The molecule has 0 saturated carbocycles. The van der Waals surface area contributed by atoms with Crippen molar-refractivity contribution in [2.24, 2.45) is 22.2 Å². The molecule has 0 saturated heterocycles. The maximum Gasteiger partial charge on any atom is 0.326 e. The Bertz CT molecular complexity index is 768. The zero-order valence-corrected chi connectivity index (χ0v) is 17.7. The molecule has 0 aliphatic heterocycles. The van der Waals surface area contributed by atoms with Gasteiger partial charge < -0.3 is 48.5 Å². The van der Waals surface area contributed by atoms with Crippen molar-refractivity contribution in [2.75, 3.05) is 13.1 Å². The standard InChI is InChI=1S/C17H29N7O9/c18-8(2-1-5-21-17(19)20)14(30)22-7-11(25)23-9(3-4-12(26)27)15(31)24-10(16(32)33)6-13(28)29/h8-10H,1-7,18H2,(H,22,30)(H,23,25)(H,24,31)(H,26,27)(H,28,29)(H,32,33)(H4,19,20,21). The Balaban J connectivity index is 4.87. The first-order chi connectivity index (χ1) is 15.3. The van der Waals surface area contributed by atoms with E-state index in [9.17, 15) is 28.8 Å². The molecular weight excluding hydrogens is 446 g/mol. The number of aliphatic imine (C=N–C) groups is 1. The number of guanidine groups is 1. The van der Waals surface area contributed by atoms with E-state index in [1.165, 1.54) is 0 Å². The van der Waals surface area contributed by atoms with Gasteiger partial charge in [0.1, 0.15) is 12.1 Å². The third-order valence-corrected chi connectivity index (χ3v) is 4.02. The molecule has 0 rings (SSSR count). The molecule has 0 heterocycles. The summed E-state index contributed by atoms with van der Waals surface area (Å²) in [6.45, 7) is -0.349. The normalized spacial score (nSPS) is 13.0. The lowest BCUT2D eigenvalue weighted by Crippen LogP contribution is -2.54. The molecule has 0 aliphatic rings. The molecule has 3 amide bonds. The van der Waals surface area contributed by atoms with Gasteiger partial charge >= 0.3 is 17.9 Å². The van der Waals surface area contributed by atoms with E-state index in [0.29, 0.717) is 6.42 Å². The van der Waals surface area contributed by atoms with Crippen molar-refractivity contribution in [1.82, 2.24) is 16.0 Å². The van der Waals surface area contributed by atoms with Gasteiger partial charge in [0, 0.05) is 13.0 Å². The van der Waals surface area contributed by atoms with E-state index in [-0.39, 0.29) is 18.9 Å². The second kappa shape index (κ2) is 15.0. The lowest BCUT2D eigenvalue weighted by Gasteiger charge is -2.20. The molecule has 0 bridgehead atoms. The summed E-state index contributed by atoms with van der Waals surface area (Å²) in [6.07, 6.45) is -1.28. The summed E-state index contributed by atoms with van der Waals surface area (Å²) in [5.41, 5.74) is 16.0. The number of aliphatic carboxylic acids is 3. The van der Waals surface area contributed by atoms with Crippen molar-refractivity contribution < 1.29 is 44.1 Å². The molecule has 0 spiro atoms. The Morgan fingerprint density at radius 2 is 1.48 bits per heavy atom. The van der Waals surface area contributed by atoms with Crippen LogP contribution < -0.4 is 33.2 Å². The van der Waals surface area contributed by atoms with Gasteiger partial charge in [-0.2, -0.15) is 0 Å². The van der Waals surface area contributed by atoms with E-state index in [2.05, 4.69) is 15.6 Å². The maximum atomic E-state index is 12.3. The third kappa shape index (κ3) is 13.9. The molecule has 0 fully saturated rings. The molecular formula is C17H29N7O9. The van der Waals surface area contributed by atoms with Crippen LogP contribution in [0.4, 0.5) is 0 Å². The van der Waals surface area contributed by atoms with Gasteiger partial charge in [0.05, 0.1) is 19.0 Å². The van der Waals surface area contributed by atoms with Crippen molar-refractivity contribution in [3.05, 3.63) is 0 Å². The average Bonchev–Trinajstić information content (AvgIpc) is 2.70. The maximum absolute atomic E-state index is 12.3. The van der Waals surface area contributed by atoms with Crippen LogP contribution in [0.15, 0.2) is 4.99 Å². The van der Waals surface area contributed by atoms with Crippen LogP contribution >= 0.6 is 0 Å². The Hall–Kier alpha value is -3.95. The summed E-state index contributed by atoms with van der Waals surface area (Å²) in [5.74, 6) is -7.17. The number of amides is 3. The summed E-state index contributed by atoms with van der Waals surface area (Å²) in [6, 6.07) is -4.25. The number of nitrogens with two attached hydrogens (primary N) is 3. The number of rotatable bonds is 16. The highest BCUT2D eigenvalue weighted by Crippen LogP contribution is 2.02. The number of carbonyl (C=O) groups is 6. The minimum absolute atomic E-state index is 0.108. The smallest absolute Gasteiger partial charge is 0.326 e. The minimum Gasteiger partial charge on any atom is -0.481 e. The van der Waals surface area contributed by atoms with Crippen molar-refractivity contribution >= 4 is 41.6 Å². The van der Waals surface area contributed by atoms with Crippen LogP contribution in [0.2, 0.25) is 0 Å². The molecule has 12 N–H and O–H groups in total. The molecule has 3 unspecified atom stereocenters. The number of carboxylic acid groups (broad SMARTS) is 3. The van der Waals surface area contributed by atoms with Crippen LogP contribution in [0.3, 0.4) is 0 Å². The molecule has 3 atom stereocenters. The van der Waals surface area contributed by atoms with Crippen LogP contribution in [0.5, 0.6) is 0 Å². The Morgan fingerprint density at radius 3 is 2.00 bits per heavy atom. The van der Waals surface area contributed by atoms with Crippen molar-refractivity contribution in [1.29, 1.82) is 0 Å². The summed E-state index contributed by atoms with van der Waals surface area (Å²) in [7, 11) is 0. The first kappa shape index (κ1) is 29.0. The zero-order chi connectivity index (χ0) is 25.6. The van der Waals surface area contributed by atoms with E-state index < -0.39 is 79.6 Å². The number of hydrogen-bond donors (Lipinski definition) is 9. The predicted molar refractivity (Wildman–Crippen MR) is 112 cm³/mol. The predicted octanol–water partition coefficient (Wildman–Crippen LogP) is -4.12. The number of carboxylic acids is 3. The van der Waals surface area contributed by atoms with Crippen LogP contribution in [-0.2, 0) is 28.8 Å². The van der Waals surface area contributed by atoms with Gasteiger partial charge in [-0.3, -0.25) is 29.0 Å². The van der Waals surface area contributed by atoms with Crippen molar-refractivity contribution in [3.63, 3.8) is 0 Å². The summed E-state index contributed by atoms with van der Waals surface area (Å²) < 4.78 is 0. The van der Waals surface area contributed by atoms with E-state index >= 15 is 0 Å². The Morgan fingerprint density at radius 1 is 0.848 bits per heavy atom. The Kier molecular flexibility index (Phi) is 13.2. The van der Waals surface area contributed by atoms with E-state index in [0.717, 1.165) is 0 Å². The SMILES string of the molecule is NC(N)=NCCCC(N)C(=O)NCC(=O)NC(CCC(=O)O)C(=O)NC(CC(=O)O)C(=O)O. The van der Waals surface area contributed by atoms with E-state index in [1.807, 2.05) is 5.32 Å². The third-order valence-electron chi connectivity index (χ3n) is 4.02. The number of hydrogen-bond acceptors (Lipinski definition) is 8. The molecule has 16 nitrogen and oxygen atoms in total. The fourth-order valence-electron chi connectivity index (χ4n) is 2.38. The second-order valence-corrected chi connectivity index (χ2v) is 6.82. The highest BCUT2D eigenvalue weighted by molar-refractivity contribution is 5.93. The molecule has 16 heteroatoms. The van der Waals surface area contributed by atoms with Crippen LogP contribution in [0, 0.1) is 0 Å². The van der Waals surface area contributed by atoms with Crippen molar-refractivity contribution in [2.45, 2.75) is 50.2 Å². The molecule has 0 radical (unpaired) electrons. The monoisotopic (exact) mass is 475 g/mol. The lowest BCUT2D eigenvalue weighted by molar-refractivity contribution is -0.147. The van der Waals surface area contributed by atoms with Crippen LogP contribution in [0.1, 0.15) is 32.1 Å². The topological polar surface area (TPSA) is 290 Å². The highest BCUT2D eigenvalue weighted by Gasteiger charge is 2.28. The van der Waals surface area contributed by atoms with Crippen LogP contribution in [-0.4, -0.2) is 88.1 Å². The average molecular weight is 475 g/mol. The molecule has 33 heavy (non-hydrogen) atoms. The molecule has 0 aromatic carbocycles. The fourth-order valence-corrected chi connectivity index (χ4v) is 2.38. The quantitative estimate of drug-likeness (QED) is 0.0584. The number of nitrogens with zero attached hydrogens (tertiary/aromatic N) is 1. The van der Waals surface area contributed by atoms with Crippen LogP contribution in [0.25, 0.3) is 0 Å². The number of nitrogens with one attached hydrogen (secondary N) is 3. The molecule has 0 aromatic rings. The number of carbonyl (C=O) groups excluding carboxylic acids is 3. The van der Waals surface area contributed by atoms with Gasteiger partial charge in [0.2, 0.25) is 17.7 Å². The van der Waals surface area contributed by atoms with E-state index in [1.54, 1.807) is 0 Å². The molecule has 0 aromatic heterocycles. The molecule has 0 aliphatic carbocycles. The van der Waals surface area contributed by atoms with Crippen molar-refractivity contribution in [3.8, 4) is 0 Å². The fraction of sp³-hybridized carbons (Fsp3) is 0.588. The first-order valence-corrected chi connectivity index (χ1v) is 9.68. The second-order valence-electron chi connectivity index (χ2n) is 6.82. The summed E-state index contributed by atoms with van der Waals surface area (Å²) in [5, 5.41) is 32.9. The van der Waals surface area contributed by atoms with Gasteiger partial charge in [0.25, 0.3) is 0 Å². The summed E-state index contributed by atoms with van der Waals surface area (Å²) >= 11 is 0. The van der Waals surface area contributed by atoms with E-state index in [4.69, 9.17) is 32.5 Å². The van der Waals surface area contributed by atoms with Gasteiger partial charge in [-0.25, -0.2) is 4.79 Å². The Labute approximate surface area is 187 Å².